The molecule has 1 aliphatic heterocycles. The van der Waals surface area contributed by atoms with E-state index in [-0.39, 0.29) is 10.6 Å². The molecule has 0 unspecified atom stereocenters. The second kappa shape index (κ2) is 8.08. The van der Waals surface area contributed by atoms with Crippen LogP contribution >= 0.6 is 11.6 Å². The van der Waals surface area contributed by atoms with Crippen LogP contribution in [0.3, 0.4) is 0 Å². The molecule has 1 N–H and O–H groups in total. The second-order valence-corrected chi connectivity index (χ2v) is 9.16. The summed E-state index contributed by atoms with van der Waals surface area (Å²) in [6.45, 7) is -0.0445. The first kappa shape index (κ1) is 20.4. The van der Waals surface area contributed by atoms with Crippen LogP contribution in [-0.4, -0.2) is 27.4 Å². The normalized spacial score (nSPS) is 14.0. The quantitative estimate of drug-likeness (QED) is 0.646. The molecule has 3 aromatic carbocycles. The summed E-state index contributed by atoms with van der Waals surface area (Å²) in [5, 5.41) is 3.38. The van der Waals surface area contributed by atoms with Crippen LogP contribution in [0.25, 0.3) is 11.1 Å². The lowest BCUT2D eigenvalue weighted by atomic mass is 10.0. The highest BCUT2D eigenvalue weighted by molar-refractivity contribution is 7.93. The summed E-state index contributed by atoms with van der Waals surface area (Å²) in [5.41, 5.74) is 2.14. The maximum Gasteiger partial charge on any atom is 0.265 e. The predicted molar refractivity (Wildman–Crippen MR) is 115 cm³/mol. The smallest absolute Gasteiger partial charge is 0.265 e. The molecule has 0 atom stereocenters. The molecule has 30 heavy (non-hydrogen) atoms. The Bertz CT molecular complexity index is 1210. The topological polar surface area (TPSA) is 66.5 Å². The van der Waals surface area contributed by atoms with Crippen molar-refractivity contribution in [2.24, 2.45) is 0 Å². The third-order valence-corrected chi connectivity index (χ3v) is 6.98. The fourth-order valence-electron chi connectivity index (χ4n) is 3.46. The second-order valence-electron chi connectivity index (χ2n) is 6.90. The maximum atomic E-state index is 13.9. The summed E-state index contributed by atoms with van der Waals surface area (Å²) < 4.78 is 41.2. The van der Waals surface area contributed by atoms with Gasteiger partial charge in [0.05, 0.1) is 10.6 Å². The minimum absolute atomic E-state index is 0.0528. The standard InChI is InChI=1S/C22H18ClFN2O3S/c23-16-7-5-15(6-8-16)11-12-25-22(27)14-26-20-10-9-17(24)13-19(20)18-3-1-2-4-21(18)30(26,28)29/h1-10,13H,11-12,14H2,(H,25,27). The van der Waals surface area contributed by atoms with Gasteiger partial charge in [-0.25, -0.2) is 12.8 Å². The van der Waals surface area contributed by atoms with Gasteiger partial charge < -0.3 is 5.32 Å². The number of rotatable bonds is 5. The monoisotopic (exact) mass is 444 g/mol. The summed E-state index contributed by atoms with van der Waals surface area (Å²) in [5.74, 6) is -0.919. The number of carbonyl (C=O) groups is 1. The number of fused-ring (bicyclic) bond motifs is 3. The minimum Gasteiger partial charge on any atom is -0.354 e. The third-order valence-electron chi connectivity index (χ3n) is 4.91. The van der Waals surface area contributed by atoms with E-state index in [9.17, 15) is 17.6 Å². The molecule has 1 amide bonds. The largest absolute Gasteiger partial charge is 0.354 e. The van der Waals surface area contributed by atoms with Gasteiger partial charge in [-0.15, -0.1) is 0 Å². The molecule has 0 fully saturated rings. The average molecular weight is 445 g/mol. The zero-order valence-corrected chi connectivity index (χ0v) is 17.4. The summed E-state index contributed by atoms with van der Waals surface area (Å²) >= 11 is 5.86. The van der Waals surface area contributed by atoms with Crippen molar-refractivity contribution < 1.29 is 17.6 Å². The SMILES string of the molecule is O=C(CN1c2ccc(F)cc2-c2ccccc2S1(=O)=O)NCCc1ccc(Cl)cc1. The number of anilines is 1. The molecule has 0 bridgehead atoms. The first-order valence-corrected chi connectivity index (χ1v) is 11.1. The number of benzene rings is 3. The van der Waals surface area contributed by atoms with Crippen LogP contribution in [0.1, 0.15) is 5.56 Å². The molecule has 0 spiro atoms. The first-order valence-electron chi connectivity index (χ1n) is 9.29. The van der Waals surface area contributed by atoms with Crippen LogP contribution in [0.5, 0.6) is 0 Å². The molecule has 0 aliphatic carbocycles. The van der Waals surface area contributed by atoms with Gasteiger partial charge in [0.25, 0.3) is 10.0 Å². The number of hydrogen-bond donors (Lipinski definition) is 1. The Labute approximate surface area is 179 Å². The molecule has 0 aromatic heterocycles. The third kappa shape index (κ3) is 3.91. The highest BCUT2D eigenvalue weighted by Gasteiger charge is 2.35. The molecule has 5 nitrogen and oxygen atoms in total. The summed E-state index contributed by atoms with van der Waals surface area (Å²) in [7, 11) is -3.95. The molecule has 1 aliphatic rings. The fraction of sp³-hybridized carbons (Fsp3) is 0.136. The Morgan fingerprint density at radius 1 is 1.00 bits per heavy atom. The van der Waals surface area contributed by atoms with E-state index < -0.39 is 28.3 Å². The number of carbonyl (C=O) groups excluding carboxylic acids is 1. The number of sulfonamides is 1. The molecular weight excluding hydrogens is 427 g/mol. The van der Waals surface area contributed by atoms with Crippen LogP contribution < -0.4 is 9.62 Å². The van der Waals surface area contributed by atoms with E-state index in [0.29, 0.717) is 29.1 Å². The Balaban J connectivity index is 1.55. The molecule has 0 radical (unpaired) electrons. The molecule has 154 valence electrons. The van der Waals surface area contributed by atoms with E-state index in [2.05, 4.69) is 5.32 Å². The lowest BCUT2D eigenvalue weighted by molar-refractivity contribution is -0.119. The fourth-order valence-corrected chi connectivity index (χ4v) is 5.23. The maximum absolute atomic E-state index is 13.9. The Morgan fingerprint density at radius 3 is 2.50 bits per heavy atom. The number of amides is 1. The van der Waals surface area contributed by atoms with Crippen molar-refractivity contribution >= 4 is 33.2 Å². The zero-order valence-electron chi connectivity index (χ0n) is 15.8. The Kier molecular flexibility index (Phi) is 5.49. The van der Waals surface area contributed by atoms with Crippen molar-refractivity contribution in [1.29, 1.82) is 0 Å². The molecular formula is C22H18ClFN2O3S. The Morgan fingerprint density at radius 2 is 1.73 bits per heavy atom. The molecule has 8 heteroatoms. The van der Waals surface area contributed by atoms with Crippen molar-refractivity contribution in [3.63, 3.8) is 0 Å². The zero-order chi connectivity index (χ0) is 21.3. The highest BCUT2D eigenvalue weighted by Crippen LogP contribution is 2.42. The van der Waals surface area contributed by atoms with Crippen LogP contribution in [0.15, 0.2) is 71.6 Å². The van der Waals surface area contributed by atoms with E-state index in [0.717, 1.165) is 9.87 Å². The van der Waals surface area contributed by atoms with Gasteiger partial charge in [-0.05, 0) is 48.4 Å². The molecule has 4 rings (SSSR count). The van der Waals surface area contributed by atoms with Gasteiger partial charge in [-0.1, -0.05) is 41.9 Å². The van der Waals surface area contributed by atoms with Gasteiger partial charge in [-0.2, -0.15) is 0 Å². The summed E-state index contributed by atoms with van der Waals surface area (Å²) in [6.07, 6.45) is 0.584. The summed E-state index contributed by atoms with van der Waals surface area (Å²) in [4.78, 5) is 12.6. The lowest BCUT2D eigenvalue weighted by Gasteiger charge is -2.31. The molecule has 0 saturated heterocycles. The number of halogens is 2. The van der Waals surface area contributed by atoms with Crippen molar-refractivity contribution in [3.05, 3.63) is 83.1 Å². The molecule has 0 saturated carbocycles. The number of nitrogens with zero attached hydrogens (tertiary/aromatic N) is 1. The van der Waals surface area contributed by atoms with E-state index in [1.807, 2.05) is 12.1 Å². The summed E-state index contributed by atoms with van der Waals surface area (Å²) in [6, 6.07) is 17.5. The van der Waals surface area contributed by atoms with Crippen LogP contribution in [-0.2, 0) is 21.2 Å². The van der Waals surface area contributed by atoms with Crippen LogP contribution in [0.2, 0.25) is 5.02 Å². The van der Waals surface area contributed by atoms with E-state index in [1.165, 1.54) is 24.3 Å². The van der Waals surface area contributed by atoms with Crippen molar-refractivity contribution in [2.45, 2.75) is 11.3 Å². The van der Waals surface area contributed by atoms with Gasteiger partial charge in [0.15, 0.2) is 0 Å². The van der Waals surface area contributed by atoms with E-state index >= 15 is 0 Å². The van der Waals surface area contributed by atoms with Gasteiger partial charge in [-0.3, -0.25) is 9.10 Å². The lowest BCUT2D eigenvalue weighted by Crippen LogP contribution is -2.43. The minimum atomic E-state index is -3.95. The Hall–Kier alpha value is -2.90. The first-order chi connectivity index (χ1) is 14.4. The van der Waals surface area contributed by atoms with Crippen molar-refractivity contribution in [1.82, 2.24) is 5.32 Å². The number of nitrogens with one attached hydrogen (secondary N) is 1. The van der Waals surface area contributed by atoms with Gasteiger partial charge in [0.2, 0.25) is 5.91 Å². The highest BCUT2D eigenvalue weighted by atomic mass is 35.5. The molecule has 3 aromatic rings. The van der Waals surface area contributed by atoms with Gasteiger partial charge in [0, 0.05) is 22.7 Å². The van der Waals surface area contributed by atoms with E-state index in [1.54, 1.807) is 30.3 Å². The van der Waals surface area contributed by atoms with Crippen LogP contribution in [0, 0.1) is 5.82 Å². The average Bonchev–Trinajstić information content (AvgIpc) is 2.73. The van der Waals surface area contributed by atoms with Crippen molar-refractivity contribution in [2.75, 3.05) is 17.4 Å². The predicted octanol–water partition coefficient (Wildman–Crippen LogP) is 4.01. The number of hydrogen-bond acceptors (Lipinski definition) is 3. The van der Waals surface area contributed by atoms with E-state index in [4.69, 9.17) is 11.6 Å². The van der Waals surface area contributed by atoms with Crippen molar-refractivity contribution in [3.8, 4) is 11.1 Å². The molecule has 1 heterocycles. The van der Waals surface area contributed by atoms with Gasteiger partial charge >= 0.3 is 0 Å². The van der Waals surface area contributed by atoms with Gasteiger partial charge in [0.1, 0.15) is 12.4 Å². The van der Waals surface area contributed by atoms with Crippen LogP contribution in [0.4, 0.5) is 10.1 Å².